The number of hydrogen-bond donors (Lipinski definition) is 1. The van der Waals surface area contributed by atoms with Crippen LogP contribution in [-0.4, -0.2) is 27.7 Å². The predicted molar refractivity (Wildman–Crippen MR) is 75.6 cm³/mol. The monoisotopic (exact) mass is 343 g/mol. The average molecular weight is 345 g/mol. The van der Waals surface area contributed by atoms with Gasteiger partial charge in [-0.05, 0) is 25.0 Å². The van der Waals surface area contributed by atoms with Gasteiger partial charge in [0, 0.05) is 13.2 Å². The van der Waals surface area contributed by atoms with Crippen molar-refractivity contribution in [3.05, 3.63) is 27.2 Å². The zero-order chi connectivity index (χ0) is 14.0. The van der Waals surface area contributed by atoms with E-state index in [-0.39, 0.29) is 32.6 Å². The molecule has 19 heavy (non-hydrogen) atoms. The van der Waals surface area contributed by atoms with E-state index < -0.39 is 10.0 Å². The van der Waals surface area contributed by atoms with E-state index in [9.17, 15) is 8.42 Å². The van der Waals surface area contributed by atoms with Crippen molar-refractivity contribution in [3.63, 3.8) is 0 Å². The fourth-order valence-electron chi connectivity index (χ4n) is 1.80. The summed E-state index contributed by atoms with van der Waals surface area (Å²) in [5.74, 6) is 0. The summed E-state index contributed by atoms with van der Waals surface area (Å²) in [6.45, 7) is 0.888. The quantitative estimate of drug-likeness (QED) is 0.854. The van der Waals surface area contributed by atoms with Gasteiger partial charge in [-0.1, -0.05) is 34.8 Å². The molecule has 0 saturated carbocycles. The molecule has 1 fully saturated rings. The minimum atomic E-state index is -3.72. The molecule has 1 aromatic carbocycles. The van der Waals surface area contributed by atoms with Crippen molar-refractivity contribution >= 4 is 44.8 Å². The highest BCUT2D eigenvalue weighted by molar-refractivity contribution is 7.89. The van der Waals surface area contributed by atoms with Crippen LogP contribution >= 0.6 is 34.8 Å². The molecule has 0 amide bonds. The zero-order valence-corrected chi connectivity index (χ0v) is 12.9. The second-order valence-corrected chi connectivity index (χ2v) is 7.06. The first-order valence-corrected chi connectivity index (χ1v) is 8.28. The summed E-state index contributed by atoms with van der Waals surface area (Å²) in [4.78, 5) is -0.0819. The summed E-state index contributed by atoms with van der Waals surface area (Å²) in [5.41, 5.74) is 0. The van der Waals surface area contributed by atoms with Gasteiger partial charge in [0.05, 0.1) is 21.2 Å². The molecule has 1 N–H and O–H groups in total. The fourth-order valence-corrected chi connectivity index (χ4v) is 3.84. The molecule has 0 spiro atoms. The van der Waals surface area contributed by atoms with Gasteiger partial charge in [-0.15, -0.1) is 0 Å². The molecule has 2 rings (SSSR count). The molecule has 1 saturated heterocycles. The van der Waals surface area contributed by atoms with Gasteiger partial charge in [0.2, 0.25) is 10.0 Å². The Bertz CT molecular complexity index is 571. The standard InChI is InChI=1S/C11H12Cl3NO3S/c12-8-3-4-9(11(14)10(8)13)19(16,17)15-6-7-2-1-5-18-7/h3-4,7,15H,1-2,5-6H2. The molecule has 0 radical (unpaired) electrons. The Morgan fingerprint density at radius 2 is 2.00 bits per heavy atom. The normalized spacial score (nSPS) is 19.8. The number of nitrogens with one attached hydrogen (secondary N) is 1. The summed E-state index contributed by atoms with van der Waals surface area (Å²) in [6, 6.07) is 2.73. The van der Waals surface area contributed by atoms with Crippen LogP contribution < -0.4 is 4.72 Å². The molecule has 4 nitrogen and oxygen atoms in total. The van der Waals surface area contributed by atoms with Crippen LogP contribution in [-0.2, 0) is 14.8 Å². The Balaban J connectivity index is 2.17. The minimum absolute atomic E-state index is 0.0309. The summed E-state index contributed by atoms with van der Waals surface area (Å²) >= 11 is 17.5. The van der Waals surface area contributed by atoms with E-state index in [0.717, 1.165) is 12.8 Å². The third kappa shape index (κ3) is 3.54. The Labute approximate surface area is 127 Å². The molecule has 8 heteroatoms. The van der Waals surface area contributed by atoms with Gasteiger partial charge in [-0.3, -0.25) is 0 Å². The Hall–Kier alpha value is -0.0400. The summed E-state index contributed by atoms with van der Waals surface area (Å²) < 4.78 is 32.1. The topological polar surface area (TPSA) is 55.4 Å². The molecule has 1 aliphatic heterocycles. The van der Waals surface area contributed by atoms with E-state index in [2.05, 4.69) is 4.72 Å². The first-order valence-electron chi connectivity index (χ1n) is 5.66. The molecule has 1 atom stereocenters. The molecule has 1 unspecified atom stereocenters. The maximum Gasteiger partial charge on any atom is 0.242 e. The lowest BCUT2D eigenvalue weighted by Crippen LogP contribution is -2.32. The van der Waals surface area contributed by atoms with Gasteiger partial charge < -0.3 is 4.74 Å². The average Bonchev–Trinajstić information content (AvgIpc) is 2.86. The lowest BCUT2D eigenvalue weighted by atomic mass is 10.2. The number of halogens is 3. The molecule has 0 aromatic heterocycles. The smallest absolute Gasteiger partial charge is 0.242 e. The van der Waals surface area contributed by atoms with Crippen molar-refractivity contribution < 1.29 is 13.2 Å². The first-order chi connectivity index (χ1) is 8.92. The van der Waals surface area contributed by atoms with Crippen molar-refractivity contribution in [3.8, 4) is 0 Å². The van der Waals surface area contributed by atoms with Crippen molar-refractivity contribution in [2.24, 2.45) is 0 Å². The second kappa shape index (κ2) is 6.16. The zero-order valence-electron chi connectivity index (χ0n) is 9.83. The van der Waals surface area contributed by atoms with Crippen molar-refractivity contribution in [2.45, 2.75) is 23.8 Å². The van der Waals surface area contributed by atoms with E-state index in [1.165, 1.54) is 12.1 Å². The number of ether oxygens (including phenoxy) is 1. The molecule has 106 valence electrons. The van der Waals surface area contributed by atoms with Crippen LogP contribution in [0, 0.1) is 0 Å². The van der Waals surface area contributed by atoms with Gasteiger partial charge in [-0.25, -0.2) is 13.1 Å². The predicted octanol–water partition coefficient (Wildman–Crippen LogP) is 3.10. The van der Waals surface area contributed by atoms with Gasteiger partial charge in [0.1, 0.15) is 4.90 Å². The van der Waals surface area contributed by atoms with Gasteiger partial charge in [-0.2, -0.15) is 0 Å². The van der Waals surface area contributed by atoms with Gasteiger partial charge in [0.15, 0.2) is 0 Å². The Kier molecular flexibility index (Phi) is 4.98. The Morgan fingerprint density at radius 3 is 2.63 bits per heavy atom. The first kappa shape index (κ1) is 15.4. The van der Waals surface area contributed by atoms with Crippen LogP contribution in [0.15, 0.2) is 17.0 Å². The third-order valence-electron chi connectivity index (χ3n) is 2.81. The van der Waals surface area contributed by atoms with E-state index in [0.29, 0.717) is 6.61 Å². The van der Waals surface area contributed by atoms with E-state index in [4.69, 9.17) is 39.5 Å². The second-order valence-electron chi connectivity index (χ2n) is 4.16. The largest absolute Gasteiger partial charge is 0.377 e. The fraction of sp³-hybridized carbons (Fsp3) is 0.455. The van der Waals surface area contributed by atoms with Crippen molar-refractivity contribution in [2.75, 3.05) is 13.2 Å². The van der Waals surface area contributed by atoms with E-state index >= 15 is 0 Å². The van der Waals surface area contributed by atoms with E-state index in [1.807, 2.05) is 0 Å². The molecule has 1 aliphatic rings. The van der Waals surface area contributed by atoms with Crippen molar-refractivity contribution in [1.29, 1.82) is 0 Å². The summed E-state index contributed by atoms with van der Waals surface area (Å²) in [6.07, 6.45) is 1.70. The van der Waals surface area contributed by atoms with Gasteiger partial charge in [0.25, 0.3) is 0 Å². The molecule has 1 heterocycles. The summed E-state index contributed by atoms with van der Waals surface area (Å²) in [7, 11) is -3.72. The van der Waals surface area contributed by atoms with E-state index in [1.54, 1.807) is 0 Å². The number of rotatable bonds is 4. The third-order valence-corrected chi connectivity index (χ3v) is 5.69. The van der Waals surface area contributed by atoms with Crippen LogP contribution in [0.25, 0.3) is 0 Å². The minimum Gasteiger partial charge on any atom is -0.377 e. The van der Waals surface area contributed by atoms with Crippen LogP contribution in [0.2, 0.25) is 15.1 Å². The lowest BCUT2D eigenvalue weighted by molar-refractivity contribution is 0.114. The molecular formula is C11H12Cl3NO3S. The van der Waals surface area contributed by atoms with Gasteiger partial charge >= 0.3 is 0 Å². The van der Waals surface area contributed by atoms with Crippen molar-refractivity contribution in [1.82, 2.24) is 4.72 Å². The van der Waals surface area contributed by atoms with Crippen LogP contribution in [0.3, 0.4) is 0 Å². The molecule has 0 aliphatic carbocycles. The highest BCUT2D eigenvalue weighted by atomic mass is 35.5. The highest BCUT2D eigenvalue weighted by Crippen LogP contribution is 2.34. The highest BCUT2D eigenvalue weighted by Gasteiger charge is 2.23. The maximum atomic E-state index is 12.1. The van der Waals surface area contributed by atoms with Crippen LogP contribution in [0.4, 0.5) is 0 Å². The molecule has 0 bridgehead atoms. The number of hydrogen-bond acceptors (Lipinski definition) is 3. The maximum absolute atomic E-state index is 12.1. The Morgan fingerprint density at radius 1 is 1.26 bits per heavy atom. The summed E-state index contributed by atoms with van der Waals surface area (Å²) in [5, 5.41) is 0.169. The lowest BCUT2D eigenvalue weighted by Gasteiger charge is -2.13. The number of sulfonamides is 1. The molecule has 1 aromatic rings. The van der Waals surface area contributed by atoms with Crippen LogP contribution in [0.1, 0.15) is 12.8 Å². The number of benzene rings is 1. The van der Waals surface area contributed by atoms with Crippen LogP contribution in [0.5, 0.6) is 0 Å². The SMILES string of the molecule is O=S(=O)(NCC1CCCO1)c1ccc(Cl)c(Cl)c1Cl. The molecular weight excluding hydrogens is 333 g/mol.